The Kier molecular flexibility index (Phi) is 25.7. The number of carbonyl (C=O) groups is 2. The van der Waals surface area contributed by atoms with E-state index in [2.05, 4.69) is 53.7 Å². The summed E-state index contributed by atoms with van der Waals surface area (Å²) < 4.78 is 10.2. The van der Waals surface area contributed by atoms with Crippen molar-refractivity contribution in [2.45, 2.75) is 120 Å². The number of carbonyl (C=O) groups excluding carboxylic acids is 2. The monoisotopic (exact) mass is 571 g/mol. The molecule has 5 nitrogen and oxygen atoms in total. The maximum atomic E-state index is 11.5. The van der Waals surface area contributed by atoms with E-state index in [1.54, 1.807) is 7.11 Å². The third kappa shape index (κ3) is 19.0. The van der Waals surface area contributed by atoms with Crippen LogP contribution in [-0.4, -0.2) is 37.0 Å². The zero-order valence-electron chi connectivity index (χ0n) is 28.2. The molecule has 1 aliphatic heterocycles. The Labute approximate surface area is 253 Å². The Morgan fingerprint density at radius 3 is 2.05 bits per heavy atom. The van der Waals surface area contributed by atoms with Gasteiger partial charge in [-0.05, 0) is 61.8 Å². The number of nitrogens with zero attached hydrogens (tertiary/aromatic N) is 1. The van der Waals surface area contributed by atoms with Gasteiger partial charge in [-0.25, -0.2) is 0 Å². The molecular formula is C36H61NO4. The van der Waals surface area contributed by atoms with Gasteiger partial charge in [0, 0.05) is 25.9 Å². The molecule has 5 heteroatoms. The maximum Gasteiger partial charge on any atom is 0.306 e. The molecule has 2 atom stereocenters. The highest BCUT2D eigenvalue weighted by molar-refractivity contribution is 5.75. The lowest BCUT2D eigenvalue weighted by Crippen LogP contribution is -2.32. The summed E-state index contributed by atoms with van der Waals surface area (Å²) in [7, 11) is 1.70. The van der Waals surface area contributed by atoms with Crippen molar-refractivity contribution in [1.82, 2.24) is 4.90 Å². The van der Waals surface area contributed by atoms with Crippen molar-refractivity contribution in [3.05, 3.63) is 65.2 Å². The second-order valence-corrected chi connectivity index (χ2v) is 10.1. The molecule has 1 heterocycles. The summed E-state index contributed by atoms with van der Waals surface area (Å²) in [5, 5.41) is 0. The number of ether oxygens (including phenoxy) is 2. The topological polar surface area (TPSA) is 55.8 Å². The van der Waals surface area contributed by atoms with Crippen LogP contribution >= 0.6 is 0 Å². The van der Waals surface area contributed by atoms with E-state index in [9.17, 15) is 9.59 Å². The molecule has 0 bridgehead atoms. The SMILES string of the molecule is CC.CCC.CCCN(CCC(C)CC)C(=O)CC.COc1cc(C)ccc1C.O=C1CCC(c2ccccc2)O1. The molecule has 41 heavy (non-hydrogen) atoms. The summed E-state index contributed by atoms with van der Waals surface area (Å²) in [5.41, 5.74) is 3.53. The van der Waals surface area contributed by atoms with Gasteiger partial charge < -0.3 is 14.4 Å². The zero-order valence-corrected chi connectivity index (χ0v) is 28.2. The molecule has 0 radical (unpaired) electrons. The molecular weight excluding hydrogens is 510 g/mol. The average molecular weight is 572 g/mol. The van der Waals surface area contributed by atoms with Crippen LogP contribution in [0.4, 0.5) is 0 Å². The average Bonchev–Trinajstić information content (AvgIpc) is 3.44. The Morgan fingerprint density at radius 2 is 1.61 bits per heavy atom. The van der Waals surface area contributed by atoms with E-state index >= 15 is 0 Å². The lowest BCUT2D eigenvalue weighted by molar-refractivity contribution is -0.141. The molecule has 1 fully saturated rings. The van der Waals surface area contributed by atoms with Gasteiger partial charge in [0.15, 0.2) is 0 Å². The molecule has 0 spiro atoms. The Bertz CT molecular complexity index is 913. The molecule has 0 saturated carbocycles. The van der Waals surface area contributed by atoms with Crippen LogP contribution in [-0.2, 0) is 14.3 Å². The van der Waals surface area contributed by atoms with Crippen molar-refractivity contribution in [1.29, 1.82) is 0 Å². The third-order valence-electron chi connectivity index (χ3n) is 6.36. The van der Waals surface area contributed by atoms with Crippen LogP contribution in [0.1, 0.15) is 123 Å². The molecule has 1 saturated heterocycles. The van der Waals surface area contributed by atoms with Crippen LogP contribution < -0.4 is 4.74 Å². The fourth-order valence-electron chi connectivity index (χ4n) is 3.79. The van der Waals surface area contributed by atoms with Gasteiger partial charge in [-0.15, -0.1) is 0 Å². The molecule has 0 aromatic heterocycles. The summed E-state index contributed by atoms with van der Waals surface area (Å²) >= 11 is 0. The predicted molar refractivity (Wildman–Crippen MR) is 176 cm³/mol. The molecule has 0 N–H and O–H groups in total. The van der Waals surface area contributed by atoms with E-state index in [0.717, 1.165) is 49.6 Å². The van der Waals surface area contributed by atoms with Gasteiger partial charge in [-0.1, -0.05) is 111 Å². The number of benzene rings is 2. The summed E-state index contributed by atoms with van der Waals surface area (Å²) in [6, 6.07) is 16.0. The smallest absolute Gasteiger partial charge is 0.306 e. The van der Waals surface area contributed by atoms with Crippen LogP contribution in [0, 0.1) is 19.8 Å². The number of hydrogen-bond donors (Lipinski definition) is 0. The van der Waals surface area contributed by atoms with Crippen LogP contribution in [0.15, 0.2) is 48.5 Å². The normalized spacial score (nSPS) is 13.7. The summed E-state index contributed by atoms with van der Waals surface area (Å²) in [6.45, 7) is 22.7. The Hall–Kier alpha value is -2.82. The fourth-order valence-corrected chi connectivity index (χ4v) is 3.79. The quantitative estimate of drug-likeness (QED) is 0.281. The van der Waals surface area contributed by atoms with E-state index in [1.807, 2.05) is 69.0 Å². The first-order valence-electron chi connectivity index (χ1n) is 15.8. The first-order chi connectivity index (χ1) is 19.7. The largest absolute Gasteiger partial charge is 0.496 e. The molecule has 2 unspecified atom stereocenters. The highest BCUT2D eigenvalue weighted by atomic mass is 16.5. The standard InChI is InChI=1S/C12H25NO.C10H10O2.C9H12O.C3H8.C2H6/c1-5-9-13(12(14)7-3)10-8-11(4)6-2;11-10-7-6-9(12-10)8-4-2-1-3-5-8;1-7-4-5-8(2)9(6-7)10-3;1-3-2;1-2/h11H,5-10H2,1-4H3;1-5,9H,6-7H2;4-6H,1-3H3;3H2,1-2H3;1-2H3. The maximum absolute atomic E-state index is 11.5. The number of cyclic esters (lactones) is 1. The lowest BCUT2D eigenvalue weighted by atomic mass is 10.1. The number of aryl methyl sites for hydroxylation is 2. The van der Waals surface area contributed by atoms with Gasteiger partial charge in [0.2, 0.25) is 5.91 Å². The van der Waals surface area contributed by atoms with Crippen LogP contribution in [0.5, 0.6) is 5.75 Å². The second kappa shape index (κ2) is 26.1. The highest BCUT2D eigenvalue weighted by Gasteiger charge is 2.24. The van der Waals surface area contributed by atoms with Gasteiger partial charge in [0.1, 0.15) is 11.9 Å². The molecule has 2 aromatic carbocycles. The van der Waals surface area contributed by atoms with Crippen molar-refractivity contribution < 1.29 is 19.1 Å². The molecule has 1 amide bonds. The molecule has 234 valence electrons. The van der Waals surface area contributed by atoms with Gasteiger partial charge in [-0.3, -0.25) is 9.59 Å². The number of esters is 1. The van der Waals surface area contributed by atoms with E-state index in [1.165, 1.54) is 24.0 Å². The van der Waals surface area contributed by atoms with Gasteiger partial charge in [0.05, 0.1) is 7.11 Å². The zero-order chi connectivity index (χ0) is 31.6. The number of hydrogen-bond acceptors (Lipinski definition) is 4. The number of methoxy groups -OCH3 is 1. The predicted octanol–water partition coefficient (Wildman–Crippen LogP) is 9.89. The van der Waals surface area contributed by atoms with Crippen LogP contribution in [0.2, 0.25) is 0 Å². The van der Waals surface area contributed by atoms with Crippen molar-refractivity contribution in [3.8, 4) is 5.75 Å². The van der Waals surface area contributed by atoms with E-state index in [4.69, 9.17) is 9.47 Å². The molecule has 3 rings (SSSR count). The molecule has 1 aliphatic rings. The first-order valence-corrected chi connectivity index (χ1v) is 15.8. The lowest BCUT2D eigenvalue weighted by Gasteiger charge is -2.23. The second-order valence-electron chi connectivity index (χ2n) is 10.1. The third-order valence-corrected chi connectivity index (χ3v) is 6.36. The van der Waals surface area contributed by atoms with Gasteiger partial charge in [-0.2, -0.15) is 0 Å². The Morgan fingerprint density at radius 1 is 1.00 bits per heavy atom. The van der Waals surface area contributed by atoms with Crippen molar-refractivity contribution in [3.63, 3.8) is 0 Å². The van der Waals surface area contributed by atoms with Crippen molar-refractivity contribution in [2.75, 3.05) is 20.2 Å². The van der Waals surface area contributed by atoms with E-state index in [-0.39, 0.29) is 12.1 Å². The number of rotatable bonds is 9. The van der Waals surface area contributed by atoms with Crippen LogP contribution in [0.25, 0.3) is 0 Å². The van der Waals surface area contributed by atoms with Crippen molar-refractivity contribution in [2.24, 2.45) is 5.92 Å². The fraction of sp³-hybridized carbons (Fsp3) is 0.611. The minimum Gasteiger partial charge on any atom is -0.496 e. The summed E-state index contributed by atoms with van der Waals surface area (Å²) in [6.07, 6.45) is 6.68. The van der Waals surface area contributed by atoms with Gasteiger partial charge >= 0.3 is 5.97 Å². The summed E-state index contributed by atoms with van der Waals surface area (Å²) in [5.74, 6) is 1.93. The van der Waals surface area contributed by atoms with Crippen molar-refractivity contribution >= 4 is 11.9 Å². The minimum atomic E-state index is -0.0798. The number of amides is 1. The first kappa shape index (κ1) is 40.3. The molecule has 0 aliphatic carbocycles. The Balaban J connectivity index is 0. The summed E-state index contributed by atoms with van der Waals surface area (Å²) in [4.78, 5) is 24.3. The van der Waals surface area contributed by atoms with Crippen LogP contribution in [0.3, 0.4) is 0 Å². The van der Waals surface area contributed by atoms with E-state index in [0.29, 0.717) is 18.7 Å². The van der Waals surface area contributed by atoms with E-state index < -0.39 is 0 Å². The van der Waals surface area contributed by atoms with Gasteiger partial charge in [0.25, 0.3) is 0 Å². The minimum absolute atomic E-state index is 0.00120. The molecule has 2 aromatic rings. The highest BCUT2D eigenvalue weighted by Crippen LogP contribution is 2.28.